The molecule has 3 nitrogen and oxygen atoms in total. The van der Waals surface area contributed by atoms with Crippen molar-refractivity contribution in [3.8, 4) is 0 Å². The predicted molar refractivity (Wildman–Crippen MR) is 53.4 cm³/mol. The number of anilines is 1. The Labute approximate surface area is 78.4 Å². The molecule has 0 bridgehead atoms. The highest BCUT2D eigenvalue weighted by molar-refractivity contribution is 5.40. The Balaban J connectivity index is 1.86. The van der Waals surface area contributed by atoms with E-state index in [0.29, 0.717) is 5.41 Å². The van der Waals surface area contributed by atoms with E-state index in [9.17, 15) is 0 Å². The van der Waals surface area contributed by atoms with Crippen LogP contribution in [0.1, 0.15) is 12.8 Å². The monoisotopic (exact) mass is 177 g/mol. The van der Waals surface area contributed by atoms with Crippen molar-refractivity contribution in [1.82, 2.24) is 4.98 Å². The van der Waals surface area contributed by atoms with Crippen molar-refractivity contribution < 1.29 is 0 Å². The van der Waals surface area contributed by atoms with E-state index in [1.165, 1.54) is 12.8 Å². The van der Waals surface area contributed by atoms with Gasteiger partial charge < -0.3 is 11.1 Å². The summed E-state index contributed by atoms with van der Waals surface area (Å²) in [6, 6.07) is 3.96. The minimum absolute atomic E-state index is 0.385. The van der Waals surface area contributed by atoms with Crippen LogP contribution in [0.5, 0.6) is 0 Å². The Bertz CT molecular complexity index is 267. The van der Waals surface area contributed by atoms with Crippen molar-refractivity contribution >= 4 is 5.69 Å². The maximum Gasteiger partial charge on any atom is 0.0526 e. The molecular weight excluding hydrogens is 162 g/mol. The molecule has 1 aromatic rings. The van der Waals surface area contributed by atoms with Gasteiger partial charge in [0.2, 0.25) is 0 Å². The first kappa shape index (κ1) is 8.51. The lowest BCUT2D eigenvalue weighted by Gasteiger charge is -2.13. The number of hydrogen-bond donors (Lipinski definition) is 2. The van der Waals surface area contributed by atoms with E-state index in [1.807, 2.05) is 18.3 Å². The molecule has 1 aliphatic rings. The second kappa shape index (κ2) is 3.34. The third kappa shape index (κ3) is 1.98. The van der Waals surface area contributed by atoms with Gasteiger partial charge in [0.05, 0.1) is 5.69 Å². The van der Waals surface area contributed by atoms with Crippen LogP contribution in [0.2, 0.25) is 0 Å². The number of hydrogen-bond acceptors (Lipinski definition) is 3. The normalized spacial score (nSPS) is 18.2. The molecular formula is C10H15N3. The fourth-order valence-electron chi connectivity index (χ4n) is 1.39. The summed E-state index contributed by atoms with van der Waals surface area (Å²) in [5.41, 5.74) is 7.15. The molecule has 0 radical (unpaired) electrons. The molecule has 0 atom stereocenters. The number of rotatable bonds is 4. The van der Waals surface area contributed by atoms with Gasteiger partial charge in [0, 0.05) is 18.9 Å². The molecule has 3 N–H and O–H groups in total. The minimum Gasteiger partial charge on any atom is -0.383 e. The maximum atomic E-state index is 5.68. The maximum absolute atomic E-state index is 5.68. The molecule has 0 spiro atoms. The van der Waals surface area contributed by atoms with E-state index in [-0.39, 0.29) is 0 Å². The van der Waals surface area contributed by atoms with Gasteiger partial charge in [0.25, 0.3) is 0 Å². The number of nitrogens with two attached hydrogens (primary N) is 1. The zero-order valence-electron chi connectivity index (χ0n) is 7.66. The van der Waals surface area contributed by atoms with Crippen LogP contribution in [0, 0.1) is 5.41 Å². The molecule has 1 fully saturated rings. The summed E-state index contributed by atoms with van der Waals surface area (Å²) in [6.07, 6.45) is 6.14. The molecule has 13 heavy (non-hydrogen) atoms. The largest absolute Gasteiger partial charge is 0.383 e. The fourth-order valence-corrected chi connectivity index (χ4v) is 1.39. The first-order valence-electron chi connectivity index (χ1n) is 4.69. The van der Waals surface area contributed by atoms with Crippen molar-refractivity contribution in [2.45, 2.75) is 12.8 Å². The fraction of sp³-hybridized carbons (Fsp3) is 0.500. The molecule has 1 aliphatic carbocycles. The second-order valence-electron chi connectivity index (χ2n) is 3.80. The zero-order chi connectivity index (χ0) is 9.15. The molecule has 0 unspecified atom stereocenters. The second-order valence-corrected chi connectivity index (χ2v) is 3.80. The quantitative estimate of drug-likeness (QED) is 0.727. The SMILES string of the molecule is NCC1(CNc2cccnc2)CC1. The van der Waals surface area contributed by atoms with E-state index in [2.05, 4.69) is 10.3 Å². The number of aromatic nitrogens is 1. The van der Waals surface area contributed by atoms with Crippen molar-refractivity contribution in [3.63, 3.8) is 0 Å². The molecule has 0 saturated heterocycles. The third-order valence-electron chi connectivity index (χ3n) is 2.72. The summed E-state index contributed by atoms with van der Waals surface area (Å²) in [5.74, 6) is 0. The zero-order valence-corrected chi connectivity index (χ0v) is 7.66. The van der Waals surface area contributed by atoms with Gasteiger partial charge in [-0.3, -0.25) is 4.98 Å². The van der Waals surface area contributed by atoms with Crippen LogP contribution in [-0.4, -0.2) is 18.1 Å². The van der Waals surface area contributed by atoms with Crippen molar-refractivity contribution in [2.24, 2.45) is 11.1 Å². The molecule has 1 saturated carbocycles. The topological polar surface area (TPSA) is 50.9 Å². The van der Waals surface area contributed by atoms with Crippen LogP contribution in [0.3, 0.4) is 0 Å². The lowest BCUT2D eigenvalue weighted by Crippen LogP contribution is -2.24. The smallest absolute Gasteiger partial charge is 0.0526 e. The van der Waals surface area contributed by atoms with Crippen LogP contribution in [-0.2, 0) is 0 Å². The average molecular weight is 177 g/mol. The molecule has 2 rings (SSSR count). The van der Waals surface area contributed by atoms with Gasteiger partial charge in [0.15, 0.2) is 0 Å². The first-order valence-corrected chi connectivity index (χ1v) is 4.69. The highest BCUT2D eigenvalue weighted by atomic mass is 14.9. The van der Waals surface area contributed by atoms with Crippen LogP contribution in [0.15, 0.2) is 24.5 Å². The lowest BCUT2D eigenvalue weighted by atomic mass is 10.1. The first-order chi connectivity index (χ1) is 6.35. The number of pyridine rings is 1. The van der Waals surface area contributed by atoms with Gasteiger partial charge in [-0.25, -0.2) is 0 Å². The van der Waals surface area contributed by atoms with Crippen molar-refractivity contribution in [3.05, 3.63) is 24.5 Å². The molecule has 0 aromatic carbocycles. The number of nitrogens with zero attached hydrogens (tertiary/aromatic N) is 1. The van der Waals surface area contributed by atoms with Crippen LogP contribution in [0.4, 0.5) is 5.69 Å². The van der Waals surface area contributed by atoms with Crippen molar-refractivity contribution in [1.29, 1.82) is 0 Å². The average Bonchev–Trinajstić information content (AvgIpc) is 2.97. The summed E-state index contributed by atoms with van der Waals surface area (Å²) >= 11 is 0. The Morgan fingerprint density at radius 3 is 2.92 bits per heavy atom. The molecule has 0 aliphatic heterocycles. The third-order valence-corrected chi connectivity index (χ3v) is 2.72. The Morgan fingerprint density at radius 1 is 1.54 bits per heavy atom. The Kier molecular flexibility index (Phi) is 2.19. The van der Waals surface area contributed by atoms with Gasteiger partial charge >= 0.3 is 0 Å². The van der Waals surface area contributed by atoms with E-state index >= 15 is 0 Å². The van der Waals surface area contributed by atoms with E-state index < -0.39 is 0 Å². The van der Waals surface area contributed by atoms with Gasteiger partial charge in [0.1, 0.15) is 0 Å². The molecule has 70 valence electrons. The Hall–Kier alpha value is -1.09. The summed E-state index contributed by atoms with van der Waals surface area (Å²) in [5, 5.41) is 3.36. The summed E-state index contributed by atoms with van der Waals surface area (Å²) in [6.45, 7) is 1.77. The summed E-state index contributed by atoms with van der Waals surface area (Å²) < 4.78 is 0. The van der Waals surface area contributed by atoms with Gasteiger partial charge in [-0.15, -0.1) is 0 Å². The van der Waals surface area contributed by atoms with Gasteiger partial charge in [-0.05, 0) is 36.9 Å². The van der Waals surface area contributed by atoms with Crippen LogP contribution in [0.25, 0.3) is 0 Å². The molecule has 1 heterocycles. The van der Waals surface area contributed by atoms with Crippen molar-refractivity contribution in [2.75, 3.05) is 18.4 Å². The van der Waals surface area contributed by atoms with Crippen LogP contribution >= 0.6 is 0 Å². The lowest BCUT2D eigenvalue weighted by molar-refractivity contribution is 0.556. The molecule has 1 aromatic heterocycles. The minimum atomic E-state index is 0.385. The van der Waals surface area contributed by atoms with Gasteiger partial charge in [-0.2, -0.15) is 0 Å². The van der Waals surface area contributed by atoms with Crippen LogP contribution < -0.4 is 11.1 Å². The standard InChI is InChI=1S/C10H15N3/c11-7-10(3-4-10)8-13-9-2-1-5-12-6-9/h1-2,5-6,13H,3-4,7-8,11H2. The Morgan fingerprint density at radius 2 is 2.38 bits per heavy atom. The number of nitrogens with one attached hydrogen (secondary N) is 1. The summed E-state index contributed by atoms with van der Waals surface area (Å²) in [4.78, 5) is 4.04. The molecule has 0 amide bonds. The highest BCUT2D eigenvalue weighted by Crippen LogP contribution is 2.44. The van der Waals surface area contributed by atoms with E-state index in [1.54, 1.807) is 6.20 Å². The molecule has 3 heteroatoms. The van der Waals surface area contributed by atoms with E-state index in [0.717, 1.165) is 18.8 Å². The summed E-state index contributed by atoms with van der Waals surface area (Å²) in [7, 11) is 0. The van der Waals surface area contributed by atoms with E-state index in [4.69, 9.17) is 5.73 Å². The predicted octanol–water partition coefficient (Wildman–Crippen LogP) is 1.23. The van der Waals surface area contributed by atoms with Gasteiger partial charge in [-0.1, -0.05) is 0 Å². The highest BCUT2D eigenvalue weighted by Gasteiger charge is 2.40.